The highest BCUT2D eigenvalue weighted by atomic mass is 16.5. The minimum atomic E-state index is -0.573. The summed E-state index contributed by atoms with van der Waals surface area (Å²) in [4.78, 5) is 0. The number of nitrogens with one attached hydrogen (secondary N) is 1. The minimum Gasteiger partial charge on any atom is -0.497 e. The van der Waals surface area contributed by atoms with Gasteiger partial charge in [0, 0.05) is 11.5 Å². The zero-order chi connectivity index (χ0) is 17.1. The lowest BCUT2D eigenvalue weighted by Gasteiger charge is -2.61. The molecule has 2 bridgehead atoms. The van der Waals surface area contributed by atoms with Crippen LogP contribution in [0, 0.1) is 5.92 Å². The van der Waals surface area contributed by atoms with Gasteiger partial charge in [-0.3, -0.25) is 0 Å². The zero-order valence-electron chi connectivity index (χ0n) is 15.4. The summed E-state index contributed by atoms with van der Waals surface area (Å²) in [6.07, 6.45) is 11.9. The Morgan fingerprint density at radius 1 is 1.16 bits per heavy atom. The second kappa shape index (κ2) is 5.72. The van der Waals surface area contributed by atoms with Crippen molar-refractivity contribution in [2.45, 2.75) is 81.3 Å². The molecule has 25 heavy (non-hydrogen) atoms. The van der Waals surface area contributed by atoms with Crippen molar-refractivity contribution in [1.82, 2.24) is 5.32 Å². The van der Waals surface area contributed by atoms with Gasteiger partial charge in [-0.15, -0.1) is 0 Å². The molecule has 0 radical (unpaired) electrons. The van der Waals surface area contributed by atoms with E-state index in [4.69, 9.17) is 4.74 Å². The van der Waals surface area contributed by atoms with Gasteiger partial charge >= 0.3 is 0 Å². The number of ether oxygens (including phenoxy) is 1. The molecule has 0 spiro atoms. The Hall–Kier alpha value is -1.06. The van der Waals surface area contributed by atoms with Gasteiger partial charge in [-0.1, -0.05) is 32.1 Å². The predicted octanol–water partition coefficient (Wildman–Crippen LogP) is 3.50. The van der Waals surface area contributed by atoms with Crippen LogP contribution in [-0.4, -0.2) is 30.4 Å². The van der Waals surface area contributed by atoms with Crippen molar-refractivity contribution in [3.63, 3.8) is 0 Å². The van der Waals surface area contributed by atoms with E-state index in [9.17, 15) is 5.11 Å². The lowest BCUT2D eigenvalue weighted by molar-refractivity contribution is -0.124. The van der Waals surface area contributed by atoms with Gasteiger partial charge in [-0.05, 0) is 73.4 Å². The van der Waals surface area contributed by atoms with Crippen molar-refractivity contribution in [3.05, 3.63) is 28.8 Å². The second-order valence-corrected chi connectivity index (χ2v) is 8.99. The van der Waals surface area contributed by atoms with Gasteiger partial charge in [-0.2, -0.15) is 0 Å². The molecule has 4 aliphatic rings. The van der Waals surface area contributed by atoms with Gasteiger partial charge in [0.05, 0.1) is 12.7 Å². The highest BCUT2D eigenvalue weighted by Crippen LogP contribution is 2.57. The molecule has 3 atom stereocenters. The average Bonchev–Trinajstić information content (AvgIpc) is 2.57. The SMILES string of the molecule is COc1cc(CC2CCC2)c2c(c1)[C@@]13CCCC[C@@]1(O)[C@@H](C2)NCC3. The van der Waals surface area contributed by atoms with E-state index in [1.54, 1.807) is 7.11 Å². The number of benzene rings is 1. The first kappa shape index (κ1) is 16.1. The number of hydrogen-bond donors (Lipinski definition) is 2. The molecule has 1 aliphatic heterocycles. The fourth-order valence-electron chi connectivity index (χ4n) is 6.38. The molecule has 5 rings (SSSR count). The summed E-state index contributed by atoms with van der Waals surface area (Å²) in [5.74, 6) is 1.85. The van der Waals surface area contributed by atoms with Crippen LogP contribution in [0.1, 0.15) is 68.1 Å². The Balaban J connectivity index is 1.67. The third kappa shape index (κ3) is 2.18. The van der Waals surface area contributed by atoms with Crippen LogP contribution < -0.4 is 10.1 Å². The van der Waals surface area contributed by atoms with Gasteiger partial charge in [0.1, 0.15) is 5.75 Å². The molecule has 0 amide bonds. The van der Waals surface area contributed by atoms with E-state index < -0.39 is 5.60 Å². The first-order chi connectivity index (χ1) is 12.2. The molecule has 3 nitrogen and oxygen atoms in total. The molecule has 1 saturated heterocycles. The van der Waals surface area contributed by atoms with Crippen molar-refractivity contribution in [3.8, 4) is 5.75 Å². The van der Waals surface area contributed by atoms with Crippen LogP contribution in [0.2, 0.25) is 0 Å². The van der Waals surface area contributed by atoms with Gasteiger partial charge < -0.3 is 15.2 Å². The topological polar surface area (TPSA) is 41.5 Å². The maximum Gasteiger partial charge on any atom is 0.119 e. The average molecular weight is 341 g/mol. The van der Waals surface area contributed by atoms with E-state index in [0.29, 0.717) is 0 Å². The van der Waals surface area contributed by atoms with Gasteiger partial charge in [0.2, 0.25) is 0 Å². The van der Waals surface area contributed by atoms with Crippen LogP contribution in [0.4, 0.5) is 0 Å². The molecule has 3 aliphatic carbocycles. The van der Waals surface area contributed by atoms with Gasteiger partial charge in [0.25, 0.3) is 0 Å². The van der Waals surface area contributed by atoms with E-state index in [1.165, 1.54) is 48.8 Å². The molecular formula is C22H31NO2. The highest BCUT2D eigenvalue weighted by Gasteiger charge is 2.61. The first-order valence-electron chi connectivity index (χ1n) is 10.3. The maximum atomic E-state index is 11.8. The van der Waals surface area contributed by atoms with Crippen LogP contribution >= 0.6 is 0 Å². The fourth-order valence-corrected chi connectivity index (χ4v) is 6.38. The highest BCUT2D eigenvalue weighted by molar-refractivity contribution is 5.52. The number of aliphatic hydroxyl groups is 1. The Labute approximate surface area is 151 Å². The summed E-state index contributed by atoms with van der Waals surface area (Å²) in [5.41, 5.74) is 3.84. The van der Waals surface area contributed by atoms with Crippen molar-refractivity contribution < 1.29 is 9.84 Å². The van der Waals surface area contributed by atoms with Crippen molar-refractivity contribution in [2.24, 2.45) is 5.92 Å². The summed E-state index contributed by atoms with van der Waals surface area (Å²) >= 11 is 0. The first-order valence-corrected chi connectivity index (χ1v) is 10.3. The third-order valence-electron chi connectivity index (χ3n) is 7.97. The Morgan fingerprint density at radius 3 is 2.76 bits per heavy atom. The lowest BCUT2D eigenvalue weighted by Crippen LogP contribution is -2.71. The number of hydrogen-bond acceptors (Lipinski definition) is 3. The van der Waals surface area contributed by atoms with Crippen LogP contribution in [0.25, 0.3) is 0 Å². The monoisotopic (exact) mass is 341 g/mol. The number of piperidine rings is 1. The Morgan fingerprint density at radius 2 is 2.00 bits per heavy atom. The molecule has 3 fully saturated rings. The van der Waals surface area contributed by atoms with Gasteiger partial charge in [-0.25, -0.2) is 0 Å². The summed E-state index contributed by atoms with van der Waals surface area (Å²) in [6.45, 7) is 1.03. The van der Waals surface area contributed by atoms with Crippen molar-refractivity contribution >= 4 is 0 Å². The van der Waals surface area contributed by atoms with Gasteiger partial charge in [0.15, 0.2) is 0 Å². The van der Waals surface area contributed by atoms with E-state index in [2.05, 4.69) is 17.4 Å². The molecule has 0 aromatic heterocycles. The fraction of sp³-hybridized carbons (Fsp3) is 0.727. The molecule has 3 heteroatoms. The summed E-state index contributed by atoms with van der Waals surface area (Å²) in [7, 11) is 1.79. The Kier molecular flexibility index (Phi) is 3.69. The standard InChI is InChI=1S/C22H31NO2/c1-25-17-12-16(11-15-5-4-6-15)18-14-20-22(24)8-3-2-7-21(22,9-10-23-20)19(18)13-17/h12-13,15,20,23-24H,2-11,14H2,1H3/t20-,21+,22-/m1/s1. The summed E-state index contributed by atoms with van der Waals surface area (Å²) in [6, 6.07) is 4.79. The van der Waals surface area contributed by atoms with Crippen LogP contribution in [0.5, 0.6) is 5.75 Å². The number of fused-ring (bicyclic) bond motifs is 1. The maximum absolute atomic E-state index is 11.8. The lowest BCUT2D eigenvalue weighted by atomic mass is 9.49. The van der Waals surface area contributed by atoms with Crippen LogP contribution in [0.3, 0.4) is 0 Å². The van der Waals surface area contributed by atoms with E-state index in [0.717, 1.165) is 50.3 Å². The number of rotatable bonds is 3. The molecule has 2 saturated carbocycles. The molecule has 1 aromatic rings. The van der Waals surface area contributed by atoms with E-state index in [-0.39, 0.29) is 11.5 Å². The number of methoxy groups -OCH3 is 1. The van der Waals surface area contributed by atoms with Crippen molar-refractivity contribution in [2.75, 3.05) is 13.7 Å². The molecule has 1 aromatic carbocycles. The minimum absolute atomic E-state index is 0.0579. The van der Waals surface area contributed by atoms with E-state index in [1.807, 2.05) is 0 Å². The molecule has 136 valence electrons. The normalized spacial score (nSPS) is 37.0. The van der Waals surface area contributed by atoms with E-state index >= 15 is 0 Å². The second-order valence-electron chi connectivity index (χ2n) is 8.99. The quantitative estimate of drug-likeness (QED) is 0.884. The molecule has 1 heterocycles. The molecular weight excluding hydrogens is 310 g/mol. The zero-order valence-corrected chi connectivity index (χ0v) is 15.4. The summed E-state index contributed by atoms with van der Waals surface area (Å²) < 4.78 is 5.70. The predicted molar refractivity (Wildman–Crippen MR) is 99.2 cm³/mol. The Bertz CT molecular complexity index is 679. The van der Waals surface area contributed by atoms with Crippen LogP contribution in [0.15, 0.2) is 12.1 Å². The smallest absolute Gasteiger partial charge is 0.119 e. The largest absolute Gasteiger partial charge is 0.497 e. The molecule has 2 N–H and O–H groups in total. The van der Waals surface area contributed by atoms with Crippen LogP contribution in [-0.2, 0) is 18.3 Å². The van der Waals surface area contributed by atoms with Crippen molar-refractivity contribution in [1.29, 1.82) is 0 Å². The summed E-state index contributed by atoms with van der Waals surface area (Å²) in [5, 5.41) is 15.5. The molecule has 0 unspecified atom stereocenters. The third-order valence-corrected chi connectivity index (χ3v) is 7.97.